The van der Waals surface area contributed by atoms with Crippen molar-refractivity contribution in [3.63, 3.8) is 0 Å². The molecule has 0 aliphatic heterocycles. The quantitative estimate of drug-likeness (QED) is 0.185. The lowest BCUT2D eigenvalue weighted by Gasteiger charge is -2.26. The number of benzene rings is 8. The molecule has 11 rings (SSSR count). The van der Waals surface area contributed by atoms with Crippen LogP contribution in [-0.4, -0.2) is 0 Å². The minimum atomic E-state index is 0.883. The standard InChI is InChI=1S/C46H27NOS2/c1-2-9-33-29(8-1)18-24-37-45-39(12-7-13-40(45)48-46(33)37)47(32-22-25-43-38(27-32)35-11-4-6-15-42(35)49-43)31-20-16-28(17-21-31)30-19-23-36-34-10-3-5-14-41(34)50-44(36)26-30/h1-27H. The van der Waals surface area contributed by atoms with Crippen molar-refractivity contribution in [3.05, 3.63) is 164 Å². The topological polar surface area (TPSA) is 16.4 Å². The summed E-state index contributed by atoms with van der Waals surface area (Å²) in [4.78, 5) is 2.40. The van der Waals surface area contributed by atoms with E-state index in [0.717, 1.165) is 44.4 Å². The van der Waals surface area contributed by atoms with Crippen LogP contribution < -0.4 is 4.90 Å². The van der Waals surface area contributed by atoms with E-state index in [4.69, 9.17) is 4.42 Å². The van der Waals surface area contributed by atoms with E-state index in [1.165, 1.54) is 56.9 Å². The van der Waals surface area contributed by atoms with Crippen LogP contribution in [0.15, 0.2) is 168 Å². The minimum Gasteiger partial charge on any atom is -0.455 e. The van der Waals surface area contributed by atoms with Crippen molar-refractivity contribution in [1.29, 1.82) is 0 Å². The van der Waals surface area contributed by atoms with Crippen molar-refractivity contribution in [2.45, 2.75) is 0 Å². The van der Waals surface area contributed by atoms with Gasteiger partial charge in [-0.1, -0.05) is 97.1 Å². The third kappa shape index (κ3) is 4.19. The molecule has 4 heteroatoms. The molecule has 0 aliphatic carbocycles. The lowest BCUT2D eigenvalue weighted by molar-refractivity contribution is 0.672. The van der Waals surface area contributed by atoms with Gasteiger partial charge in [-0.2, -0.15) is 0 Å². The van der Waals surface area contributed by atoms with Crippen LogP contribution in [0.4, 0.5) is 17.1 Å². The Hall–Kier alpha value is -5.94. The van der Waals surface area contributed by atoms with Gasteiger partial charge in [0.1, 0.15) is 11.2 Å². The summed E-state index contributed by atoms with van der Waals surface area (Å²) < 4.78 is 11.9. The van der Waals surface area contributed by atoms with Gasteiger partial charge in [0.2, 0.25) is 0 Å². The van der Waals surface area contributed by atoms with Crippen LogP contribution in [0.2, 0.25) is 0 Å². The molecule has 0 unspecified atom stereocenters. The Kier molecular flexibility index (Phi) is 6.03. The highest BCUT2D eigenvalue weighted by Gasteiger charge is 2.21. The molecule has 0 atom stereocenters. The van der Waals surface area contributed by atoms with Gasteiger partial charge in [-0.05, 0) is 83.2 Å². The van der Waals surface area contributed by atoms with Gasteiger partial charge in [0, 0.05) is 62.5 Å². The zero-order valence-electron chi connectivity index (χ0n) is 26.8. The van der Waals surface area contributed by atoms with Crippen molar-refractivity contribution in [2.75, 3.05) is 4.90 Å². The van der Waals surface area contributed by atoms with E-state index in [-0.39, 0.29) is 0 Å². The third-order valence-electron chi connectivity index (χ3n) is 10.1. The van der Waals surface area contributed by atoms with Gasteiger partial charge in [-0.25, -0.2) is 0 Å². The Morgan fingerprint density at radius 1 is 0.400 bits per heavy atom. The molecule has 0 saturated heterocycles. The molecule has 8 aromatic carbocycles. The van der Waals surface area contributed by atoms with Crippen LogP contribution >= 0.6 is 22.7 Å². The van der Waals surface area contributed by atoms with Gasteiger partial charge < -0.3 is 9.32 Å². The lowest BCUT2D eigenvalue weighted by atomic mass is 10.0. The molecule has 0 fully saturated rings. The molecule has 0 spiro atoms. The minimum absolute atomic E-state index is 0.883. The molecule has 0 aliphatic rings. The number of nitrogens with zero attached hydrogens (tertiary/aromatic N) is 1. The number of rotatable bonds is 4. The first-order valence-corrected chi connectivity index (χ1v) is 18.5. The normalized spacial score (nSPS) is 12.0. The first-order valence-electron chi connectivity index (χ1n) is 16.8. The van der Waals surface area contributed by atoms with E-state index in [1.54, 1.807) is 0 Å². The third-order valence-corrected chi connectivity index (χ3v) is 12.3. The molecule has 0 radical (unpaired) electrons. The Bertz CT molecular complexity index is 3110. The van der Waals surface area contributed by atoms with E-state index in [1.807, 2.05) is 22.7 Å². The average Bonchev–Trinajstić information content (AvgIpc) is 3.86. The summed E-state index contributed by atoms with van der Waals surface area (Å²) in [6.45, 7) is 0. The summed E-state index contributed by atoms with van der Waals surface area (Å²) in [6.07, 6.45) is 0. The largest absolute Gasteiger partial charge is 0.455 e. The molecular formula is C46H27NOS2. The van der Waals surface area contributed by atoms with E-state index in [9.17, 15) is 0 Å². The summed E-state index contributed by atoms with van der Waals surface area (Å²) in [6, 6.07) is 59.5. The summed E-state index contributed by atoms with van der Waals surface area (Å²) in [5.41, 5.74) is 7.54. The van der Waals surface area contributed by atoms with E-state index in [0.29, 0.717) is 0 Å². The van der Waals surface area contributed by atoms with E-state index in [2.05, 4.69) is 169 Å². The molecule has 0 N–H and O–H groups in total. The molecular weight excluding hydrogens is 647 g/mol. The van der Waals surface area contributed by atoms with Crippen molar-refractivity contribution >= 4 is 113 Å². The maximum Gasteiger partial charge on any atom is 0.143 e. The number of thiophene rings is 2. The molecule has 234 valence electrons. The van der Waals surface area contributed by atoms with Crippen molar-refractivity contribution in [1.82, 2.24) is 0 Å². The first kappa shape index (κ1) is 28.0. The summed E-state index contributed by atoms with van der Waals surface area (Å²) >= 11 is 3.71. The summed E-state index contributed by atoms with van der Waals surface area (Å²) in [5, 5.41) is 9.76. The van der Waals surface area contributed by atoms with E-state index < -0.39 is 0 Å². The molecule has 2 nitrogen and oxygen atoms in total. The van der Waals surface area contributed by atoms with Crippen LogP contribution in [0.3, 0.4) is 0 Å². The second-order valence-corrected chi connectivity index (χ2v) is 15.1. The molecule has 50 heavy (non-hydrogen) atoms. The van der Waals surface area contributed by atoms with Gasteiger partial charge in [0.15, 0.2) is 0 Å². The van der Waals surface area contributed by atoms with Gasteiger partial charge in [0.25, 0.3) is 0 Å². The number of fused-ring (bicyclic) bond motifs is 11. The Morgan fingerprint density at radius 3 is 1.88 bits per heavy atom. The predicted molar refractivity (Wildman–Crippen MR) is 217 cm³/mol. The van der Waals surface area contributed by atoms with Crippen LogP contribution in [0.5, 0.6) is 0 Å². The van der Waals surface area contributed by atoms with Crippen LogP contribution in [-0.2, 0) is 0 Å². The molecule has 0 saturated carbocycles. The highest BCUT2D eigenvalue weighted by atomic mass is 32.1. The number of hydrogen-bond acceptors (Lipinski definition) is 4. The molecule has 3 aromatic heterocycles. The van der Waals surface area contributed by atoms with E-state index >= 15 is 0 Å². The van der Waals surface area contributed by atoms with Crippen molar-refractivity contribution < 1.29 is 4.42 Å². The average molecular weight is 674 g/mol. The van der Waals surface area contributed by atoms with Gasteiger partial charge in [-0.15, -0.1) is 22.7 Å². The number of furan rings is 1. The second kappa shape index (κ2) is 10.8. The summed E-state index contributed by atoms with van der Waals surface area (Å²) in [5.74, 6) is 0. The fourth-order valence-electron chi connectivity index (χ4n) is 7.71. The highest BCUT2D eigenvalue weighted by Crippen LogP contribution is 2.46. The smallest absolute Gasteiger partial charge is 0.143 e. The first-order chi connectivity index (χ1) is 24.8. The monoisotopic (exact) mass is 673 g/mol. The van der Waals surface area contributed by atoms with Crippen LogP contribution in [0.25, 0.3) is 84.2 Å². The zero-order chi connectivity index (χ0) is 32.8. The zero-order valence-corrected chi connectivity index (χ0v) is 28.4. The van der Waals surface area contributed by atoms with Gasteiger partial charge in [-0.3, -0.25) is 0 Å². The highest BCUT2D eigenvalue weighted by molar-refractivity contribution is 7.26. The van der Waals surface area contributed by atoms with Crippen molar-refractivity contribution in [3.8, 4) is 11.1 Å². The lowest BCUT2D eigenvalue weighted by Crippen LogP contribution is -2.10. The molecule has 0 bridgehead atoms. The molecule has 0 amide bonds. The summed E-state index contributed by atoms with van der Waals surface area (Å²) in [7, 11) is 0. The SMILES string of the molecule is c1ccc2c(c1)ccc1c2oc2cccc(N(c3ccc(-c4ccc5c(c4)sc4ccccc45)cc3)c3ccc4sc5ccccc5c4c3)c21. The predicted octanol–water partition coefficient (Wildman–Crippen LogP) is 14.6. The van der Waals surface area contributed by atoms with Gasteiger partial charge in [0.05, 0.1) is 11.1 Å². The fourth-order valence-corrected chi connectivity index (χ4v) is 9.94. The van der Waals surface area contributed by atoms with Crippen molar-refractivity contribution in [2.24, 2.45) is 0 Å². The number of anilines is 3. The fraction of sp³-hybridized carbons (Fsp3) is 0. The maximum atomic E-state index is 6.65. The molecule has 3 heterocycles. The Morgan fingerprint density at radius 2 is 1.04 bits per heavy atom. The Balaban J connectivity index is 1.11. The Labute approximate surface area is 295 Å². The maximum absolute atomic E-state index is 6.65. The van der Waals surface area contributed by atoms with Crippen LogP contribution in [0, 0.1) is 0 Å². The van der Waals surface area contributed by atoms with Gasteiger partial charge >= 0.3 is 0 Å². The number of hydrogen-bond donors (Lipinski definition) is 0. The second-order valence-electron chi connectivity index (χ2n) is 12.9. The van der Waals surface area contributed by atoms with Crippen LogP contribution in [0.1, 0.15) is 0 Å². The molecule has 11 aromatic rings.